The van der Waals surface area contributed by atoms with Crippen molar-refractivity contribution in [3.8, 4) is 0 Å². The van der Waals surface area contributed by atoms with E-state index in [1.165, 1.54) is 17.5 Å². The number of hydrogen-bond acceptors (Lipinski definition) is 3. The first kappa shape index (κ1) is 19.2. The van der Waals surface area contributed by atoms with Gasteiger partial charge in [0.05, 0.1) is 4.90 Å². The van der Waals surface area contributed by atoms with E-state index in [1.807, 2.05) is 13.0 Å². The molecule has 2 aliphatic rings. The second kappa shape index (κ2) is 7.33. The van der Waals surface area contributed by atoms with Crippen molar-refractivity contribution in [3.63, 3.8) is 0 Å². The summed E-state index contributed by atoms with van der Waals surface area (Å²) in [6, 6.07) is 11.0. The first-order chi connectivity index (χ1) is 13.3. The van der Waals surface area contributed by atoms with E-state index in [0.29, 0.717) is 6.54 Å². The highest BCUT2D eigenvalue weighted by atomic mass is 32.2. The van der Waals surface area contributed by atoms with E-state index in [0.717, 1.165) is 42.5 Å². The minimum absolute atomic E-state index is 0.0140. The Morgan fingerprint density at radius 2 is 1.75 bits per heavy atom. The molecule has 5 nitrogen and oxygen atoms in total. The Kier molecular flexibility index (Phi) is 5.02. The minimum Gasteiger partial charge on any atom is -0.312 e. The van der Waals surface area contributed by atoms with Gasteiger partial charge in [-0.15, -0.1) is 0 Å². The summed E-state index contributed by atoms with van der Waals surface area (Å²) >= 11 is 0. The summed E-state index contributed by atoms with van der Waals surface area (Å²) in [6.07, 6.45) is 4.98. The zero-order chi connectivity index (χ0) is 19.9. The molecule has 1 N–H and O–H groups in total. The lowest BCUT2D eigenvalue weighted by Gasteiger charge is -2.29. The summed E-state index contributed by atoms with van der Waals surface area (Å²) in [5, 5.41) is 0. The maximum atomic E-state index is 13.0. The molecular formula is C22H26N2O3S. The number of benzene rings is 2. The van der Waals surface area contributed by atoms with E-state index in [4.69, 9.17) is 0 Å². The van der Waals surface area contributed by atoms with E-state index in [9.17, 15) is 13.2 Å². The average Bonchev–Trinajstić information content (AvgIpc) is 3.14. The van der Waals surface area contributed by atoms with Crippen molar-refractivity contribution in [1.82, 2.24) is 4.72 Å². The Hall–Kier alpha value is -2.18. The normalized spacial score (nSPS) is 17.1. The summed E-state index contributed by atoms with van der Waals surface area (Å²) in [5.41, 5.74) is 5.44. The third-order valence-corrected chi connectivity index (χ3v) is 7.35. The first-order valence-electron chi connectivity index (χ1n) is 9.90. The summed E-state index contributed by atoms with van der Waals surface area (Å²) in [6.45, 7) is 4.10. The third kappa shape index (κ3) is 3.59. The molecule has 0 bridgehead atoms. The van der Waals surface area contributed by atoms with Crippen molar-refractivity contribution >= 4 is 21.6 Å². The molecule has 0 radical (unpaired) electrons. The lowest BCUT2D eigenvalue weighted by atomic mass is 10.0. The van der Waals surface area contributed by atoms with Crippen LogP contribution in [0.25, 0.3) is 0 Å². The number of amides is 1. The molecule has 148 valence electrons. The number of aryl methyl sites for hydroxylation is 3. The van der Waals surface area contributed by atoms with Gasteiger partial charge < -0.3 is 4.90 Å². The topological polar surface area (TPSA) is 66.5 Å². The maximum absolute atomic E-state index is 13.0. The number of nitrogens with one attached hydrogen (secondary N) is 1. The summed E-state index contributed by atoms with van der Waals surface area (Å²) in [7, 11) is -3.65. The third-order valence-electron chi connectivity index (χ3n) is 5.81. The fraction of sp³-hybridized carbons (Fsp3) is 0.409. The van der Waals surface area contributed by atoms with Gasteiger partial charge in [0, 0.05) is 25.2 Å². The SMILES string of the molecule is CC(=O)N1CCCc2cc(S(=O)(=O)N[C@@H](C)c3ccc4c(c3)CCC4)ccc21. The predicted octanol–water partition coefficient (Wildman–Crippen LogP) is 3.51. The smallest absolute Gasteiger partial charge is 0.241 e. The van der Waals surface area contributed by atoms with Gasteiger partial charge in [0.2, 0.25) is 15.9 Å². The van der Waals surface area contributed by atoms with Crippen LogP contribution in [0.5, 0.6) is 0 Å². The Morgan fingerprint density at radius 3 is 2.54 bits per heavy atom. The highest BCUT2D eigenvalue weighted by Crippen LogP contribution is 2.30. The first-order valence-corrected chi connectivity index (χ1v) is 11.4. The van der Waals surface area contributed by atoms with Crippen molar-refractivity contribution in [2.75, 3.05) is 11.4 Å². The summed E-state index contributed by atoms with van der Waals surface area (Å²) in [4.78, 5) is 13.8. The number of rotatable bonds is 4. The molecule has 0 spiro atoms. The summed E-state index contributed by atoms with van der Waals surface area (Å²) < 4.78 is 28.7. The summed E-state index contributed by atoms with van der Waals surface area (Å²) in [5.74, 6) is -0.0140. The van der Waals surface area contributed by atoms with Crippen molar-refractivity contribution in [1.29, 1.82) is 0 Å². The Balaban J connectivity index is 1.57. The van der Waals surface area contributed by atoms with Gasteiger partial charge in [0.15, 0.2) is 0 Å². The van der Waals surface area contributed by atoms with Gasteiger partial charge in [-0.1, -0.05) is 18.2 Å². The van der Waals surface area contributed by atoms with Crippen LogP contribution in [0.1, 0.15) is 55.0 Å². The fourth-order valence-electron chi connectivity index (χ4n) is 4.30. The van der Waals surface area contributed by atoms with Crippen LogP contribution in [0.3, 0.4) is 0 Å². The fourth-order valence-corrected chi connectivity index (χ4v) is 5.58. The van der Waals surface area contributed by atoms with Gasteiger partial charge in [-0.05, 0) is 79.5 Å². The van der Waals surface area contributed by atoms with E-state index in [1.54, 1.807) is 30.0 Å². The molecular weight excluding hydrogens is 372 g/mol. The molecule has 28 heavy (non-hydrogen) atoms. The molecule has 1 amide bonds. The van der Waals surface area contributed by atoms with Crippen LogP contribution in [0.4, 0.5) is 5.69 Å². The van der Waals surface area contributed by atoms with E-state index in [-0.39, 0.29) is 16.8 Å². The van der Waals surface area contributed by atoms with Crippen LogP contribution in [-0.2, 0) is 34.1 Å². The second-order valence-electron chi connectivity index (χ2n) is 7.79. The molecule has 0 fully saturated rings. The standard InChI is InChI=1S/C22H26N2O3S/c1-15(18-9-8-17-5-3-6-19(17)13-18)23-28(26,27)21-10-11-22-20(14-21)7-4-12-24(22)16(2)25/h8-11,13-15,23H,3-7,12H2,1-2H3/t15-/m0/s1. The van der Waals surface area contributed by atoms with Crippen LogP contribution >= 0.6 is 0 Å². The monoisotopic (exact) mass is 398 g/mol. The lowest BCUT2D eigenvalue weighted by molar-refractivity contribution is -0.116. The Morgan fingerprint density at radius 1 is 1.00 bits per heavy atom. The Bertz CT molecular complexity index is 1030. The number of hydrogen-bond donors (Lipinski definition) is 1. The zero-order valence-corrected chi connectivity index (χ0v) is 17.2. The Labute approximate surface area is 166 Å². The van der Waals surface area contributed by atoms with Crippen molar-refractivity contribution in [3.05, 3.63) is 58.7 Å². The van der Waals surface area contributed by atoms with Crippen LogP contribution in [0.2, 0.25) is 0 Å². The van der Waals surface area contributed by atoms with Gasteiger partial charge in [0.1, 0.15) is 0 Å². The predicted molar refractivity (Wildman–Crippen MR) is 110 cm³/mol. The van der Waals surface area contributed by atoms with Crippen LogP contribution in [-0.4, -0.2) is 20.9 Å². The van der Waals surface area contributed by atoms with Crippen LogP contribution in [0.15, 0.2) is 41.3 Å². The molecule has 6 heteroatoms. The molecule has 0 unspecified atom stereocenters. The average molecular weight is 399 g/mol. The van der Waals surface area contributed by atoms with Crippen molar-refractivity contribution in [2.24, 2.45) is 0 Å². The molecule has 1 aliphatic heterocycles. The van der Waals surface area contributed by atoms with E-state index >= 15 is 0 Å². The quantitative estimate of drug-likeness (QED) is 0.857. The molecule has 0 saturated heterocycles. The second-order valence-corrected chi connectivity index (χ2v) is 9.50. The number of fused-ring (bicyclic) bond motifs is 2. The molecule has 2 aromatic carbocycles. The minimum atomic E-state index is -3.65. The number of carbonyl (C=O) groups is 1. The molecule has 1 aliphatic carbocycles. The van der Waals surface area contributed by atoms with Crippen molar-refractivity contribution < 1.29 is 13.2 Å². The van der Waals surface area contributed by atoms with Gasteiger partial charge in [-0.3, -0.25) is 4.79 Å². The van der Waals surface area contributed by atoms with E-state index < -0.39 is 10.0 Å². The number of sulfonamides is 1. The largest absolute Gasteiger partial charge is 0.312 e. The highest BCUT2D eigenvalue weighted by molar-refractivity contribution is 7.89. The number of anilines is 1. The number of carbonyl (C=O) groups excluding carboxylic acids is 1. The van der Waals surface area contributed by atoms with Gasteiger partial charge in [0.25, 0.3) is 0 Å². The molecule has 1 atom stereocenters. The van der Waals surface area contributed by atoms with Crippen molar-refractivity contribution in [2.45, 2.75) is 56.9 Å². The van der Waals surface area contributed by atoms with Crippen LogP contribution in [0, 0.1) is 0 Å². The molecule has 0 saturated carbocycles. The molecule has 2 aromatic rings. The van der Waals surface area contributed by atoms with Gasteiger partial charge in [-0.2, -0.15) is 0 Å². The van der Waals surface area contributed by atoms with Crippen LogP contribution < -0.4 is 9.62 Å². The highest BCUT2D eigenvalue weighted by Gasteiger charge is 2.24. The van der Waals surface area contributed by atoms with Gasteiger partial charge in [-0.25, -0.2) is 13.1 Å². The molecule has 4 rings (SSSR count). The van der Waals surface area contributed by atoms with E-state index in [2.05, 4.69) is 16.9 Å². The number of nitrogens with zero attached hydrogens (tertiary/aromatic N) is 1. The lowest BCUT2D eigenvalue weighted by Crippen LogP contribution is -2.34. The maximum Gasteiger partial charge on any atom is 0.241 e. The zero-order valence-electron chi connectivity index (χ0n) is 16.4. The molecule has 0 aromatic heterocycles. The molecule has 1 heterocycles. The van der Waals surface area contributed by atoms with Gasteiger partial charge >= 0.3 is 0 Å².